The first-order valence-electron chi connectivity index (χ1n) is 11.3. The molecule has 1 amide bonds. The third kappa shape index (κ3) is 5.27. The van der Waals surface area contributed by atoms with E-state index in [1.165, 1.54) is 17.8 Å². The summed E-state index contributed by atoms with van der Waals surface area (Å²) >= 11 is 1.51. The molecule has 1 aliphatic rings. The largest absolute Gasteiger partial charge is 0.367 e. The highest BCUT2D eigenvalue weighted by Gasteiger charge is 2.22. The molecule has 1 aliphatic heterocycles. The Hall–Kier alpha value is -2.94. The van der Waals surface area contributed by atoms with Gasteiger partial charge in [-0.15, -0.1) is 11.3 Å². The van der Waals surface area contributed by atoms with Gasteiger partial charge in [0.15, 0.2) is 0 Å². The molecule has 3 heterocycles. The standard InChI is InChI=1S/C23H30N6O2S/c1-16(9-5-6-12-24-15-30)25-20-19(22-26-17-10-3-4-11-18(17)32-22)21(31)28-23(27-20)29-13-7-2-8-14-29/h3-4,10-11,15-16H,2,5-9,12-14H2,1H3,(H,24,30)(H2,25,27,28,31). The van der Waals surface area contributed by atoms with Crippen LogP contribution in [-0.4, -0.2) is 47.0 Å². The van der Waals surface area contributed by atoms with Gasteiger partial charge in [-0.1, -0.05) is 12.1 Å². The summed E-state index contributed by atoms with van der Waals surface area (Å²) < 4.78 is 1.05. The molecule has 3 N–H and O–H groups in total. The molecule has 0 aliphatic carbocycles. The SMILES string of the molecule is CC(CCCCNC=O)Nc1nc(N2CCCCC2)[nH]c(=O)c1-c1nc2ccccc2s1. The lowest BCUT2D eigenvalue weighted by Crippen LogP contribution is -2.33. The number of nitrogens with one attached hydrogen (secondary N) is 3. The molecule has 32 heavy (non-hydrogen) atoms. The summed E-state index contributed by atoms with van der Waals surface area (Å²) in [5, 5.41) is 6.85. The number of aromatic nitrogens is 3. The molecule has 1 saturated heterocycles. The maximum absolute atomic E-state index is 13.3. The van der Waals surface area contributed by atoms with Crippen molar-refractivity contribution < 1.29 is 4.79 Å². The van der Waals surface area contributed by atoms with Crippen LogP contribution in [0.4, 0.5) is 11.8 Å². The molecule has 0 bridgehead atoms. The van der Waals surface area contributed by atoms with Crippen LogP contribution in [0, 0.1) is 0 Å². The van der Waals surface area contributed by atoms with E-state index in [2.05, 4.69) is 27.4 Å². The Morgan fingerprint density at radius 3 is 2.78 bits per heavy atom. The molecule has 1 unspecified atom stereocenters. The van der Waals surface area contributed by atoms with Gasteiger partial charge < -0.3 is 15.5 Å². The van der Waals surface area contributed by atoms with E-state index >= 15 is 0 Å². The van der Waals surface area contributed by atoms with Crippen LogP contribution in [0.2, 0.25) is 0 Å². The number of hydrogen-bond acceptors (Lipinski definition) is 7. The molecule has 8 nitrogen and oxygen atoms in total. The molecule has 1 aromatic carbocycles. The Morgan fingerprint density at radius 2 is 2.00 bits per heavy atom. The van der Waals surface area contributed by atoms with Crippen LogP contribution >= 0.6 is 11.3 Å². The average molecular weight is 455 g/mol. The Morgan fingerprint density at radius 1 is 1.19 bits per heavy atom. The van der Waals surface area contributed by atoms with Crippen molar-refractivity contribution in [3.05, 3.63) is 34.6 Å². The first-order valence-corrected chi connectivity index (χ1v) is 12.2. The van der Waals surface area contributed by atoms with Crippen LogP contribution in [0.25, 0.3) is 20.8 Å². The zero-order valence-electron chi connectivity index (χ0n) is 18.4. The molecular formula is C23H30N6O2S. The fourth-order valence-electron chi connectivity index (χ4n) is 4.04. The van der Waals surface area contributed by atoms with Crippen LogP contribution in [0.3, 0.4) is 0 Å². The molecular weight excluding hydrogens is 424 g/mol. The number of hydrogen-bond donors (Lipinski definition) is 3. The van der Waals surface area contributed by atoms with Crippen molar-refractivity contribution in [2.75, 3.05) is 29.9 Å². The van der Waals surface area contributed by atoms with Gasteiger partial charge in [-0.05, 0) is 57.6 Å². The van der Waals surface area contributed by atoms with Gasteiger partial charge in [0.2, 0.25) is 12.4 Å². The third-order valence-corrected chi connectivity index (χ3v) is 6.80. The van der Waals surface area contributed by atoms with Crippen LogP contribution < -0.4 is 21.1 Å². The van der Waals surface area contributed by atoms with Gasteiger partial charge >= 0.3 is 0 Å². The number of amides is 1. The number of para-hydroxylation sites is 1. The number of nitrogens with zero attached hydrogens (tertiary/aromatic N) is 3. The smallest absolute Gasteiger partial charge is 0.264 e. The lowest BCUT2D eigenvalue weighted by Gasteiger charge is -2.28. The molecule has 4 rings (SSSR count). The second kappa shape index (κ2) is 10.6. The van der Waals surface area contributed by atoms with Crippen LogP contribution in [0.15, 0.2) is 29.1 Å². The molecule has 1 atom stereocenters. The number of carbonyl (C=O) groups excluding carboxylic acids is 1. The lowest BCUT2D eigenvalue weighted by atomic mass is 10.1. The van der Waals surface area contributed by atoms with Gasteiger partial charge in [0, 0.05) is 25.7 Å². The quantitative estimate of drug-likeness (QED) is 0.318. The first-order chi connectivity index (χ1) is 15.7. The maximum Gasteiger partial charge on any atom is 0.264 e. The summed E-state index contributed by atoms with van der Waals surface area (Å²) in [7, 11) is 0. The molecule has 9 heteroatoms. The highest BCUT2D eigenvalue weighted by molar-refractivity contribution is 7.21. The summed E-state index contributed by atoms with van der Waals surface area (Å²) in [4.78, 5) is 38.4. The Bertz CT molecular complexity index is 1070. The van der Waals surface area contributed by atoms with E-state index in [-0.39, 0.29) is 11.6 Å². The van der Waals surface area contributed by atoms with E-state index in [1.54, 1.807) is 0 Å². The van der Waals surface area contributed by atoms with Crippen LogP contribution in [-0.2, 0) is 4.79 Å². The minimum Gasteiger partial charge on any atom is -0.367 e. The average Bonchev–Trinajstić information content (AvgIpc) is 3.23. The number of benzene rings is 1. The third-order valence-electron chi connectivity index (χ3n) is 5.74. The van der Waals surface area contributed by atoms with Crippen LogP contribution in [0.1, 0.15) is 45.4 Å². The van der Waals surface area contributed by atoms with E-state index in [9.17, 15) is 9.59 Å². The second-order valence-corrected chi connectivity index (χ2v) is 9.29. The highest BCUT2D eigenvalue weighted by Crippen LogP contribution is 2.32. The number of fused-ring (bicyclic) bond motifs is 1. The number of unbranched alkanes of at least 4 members (excludes halogenated alkanes) is 1. The number of anilines is 2. The Kier molecular flexibility index (Phi) is 7.36. The van der Waals surface area contributed by atoms with Crippen molar-refractivity contribution in [3.63, 3.8) is 0 Å². The second-order valence-electron chi connectivity index (χ2n) is 8.26. The van der Waals surface area contributed by atoms with E-state index in [0.717, 1.165) is 61.8 Å². The monoisotopic (exact) mass is 454 g/mol. The summed E-state index contributed by atoms with van der Waals surface area (Å²) in [6, 6.07) is 8.04. The fraction of sp³-hybridized carbons (Fsp3) is 0.478. The van der Waals surface area contributed by atoms with Crippen LogP contribution in [0.5, 0.6) is 0 Å². The molecule has 0 spiro atoms. The molecule has 170 valence electrons. The number of rotatable bonds is 10. The minimum atomic E-state index is -0.162. The number of thiazole rings is 1. The summed E-state index contributed by atoms with van der Waals surface area (Å²) in [6.07, 6.45) is 6.95. The topological polar surface area (TPSA) is 103 Å². The lowest BCUT2D eigenvalue weighted by molar-refractivity contribution is -0.109. The van der Waals surface area contributed by atoms with E-state index in [0.29, 0.717) is 28.9 Å². The maximum atomic E-state index is 13.3. The number of H-pyrrole nitrogens is 1. The van der Waals surface area contributed by atoms with Gasteiger partial charge in [-0.25, -0.2) is 4.98 Å². The van der Waals surface area contributed by atoms with Gasteiger partial charge in [0.25, 0.3) is 5.56 Å². The Labute approximate surface area is 191 Å². The highest BCUT2D eigenvalue weighted by atomic mass is 32.1. The molecule has 3 aromatic rings. The van der Waals surface area contributed by atoms with Crippen molar-refractivity contribution in [1.82, 2.24) is 20.3 Å². The predicted molar refractivity (Wildman–Crippen MR) is 131 cm³/mol. The fourth-order valence-corrected chi connectivity index (χ4v) is 5.05. The summed E-state index contributed by atoms with van der Waals surface area (Å²) in [5.41, 5.74) is 1.22. The minimum absolute atomic E-state index is 0.128. The summed E-state index contributed by atoms with van der Waals surface area (Å²) in [6.45, 7) is 4.58. The zero-order valence-corrected chi connectivity index (χ0v) is 19.2. The van der Waals surface area contributed by atoms with Crippen molar-refractivity contribution in [2.24, 2.45) is 0 Å². The number of carbonyl (C=O) groups is 1. The van der Waals surface area contributed by atoms with E-state index in [1.807, 2.05) is 24.3 Å². The van der Waals surface area contributed by atoms with Crippen molar-refractivity contribution in [2.45, 2.75) is 51.5 Å². The van der Waals surface area contributed by atoms with Gasteiger partial charge in [0.05, 0.1) is 10.2 Å². The molecule has 0 saturated carbocycles. The van der Waals surface area contributed by atoms with E-state index < -0.39 is 0 Å². The van der Waals surface area contributed by atoms with Crippen molar-refractivity contribution in [3.8, 4) is 10.6 Å². The van der Waals surface area contributed by atoms with Gasteiger partial charge in [-0.2, -0.15) is 4.98 Å². The molecule has 0 radical (unpaired) electrons. The zero-order chi connectivity index (χ0) is 22.3. The molecule has 2 aromatic heterocycles. The van der Waals surface area contributed by atoms with Gasteiger partial charge in [-0.3, -0.25) is 14.6 Å². The van der Waals surface area contributed by atoms with Crippen molar-refractivity contribution in [1.29, 1.82) is 0 Å². The summed E-state index contributed by atoms with van der Waals surface area (Å²) in [5.74, 6) is 1.22. The van der Waals surface area contributed by atoms with Crippen molar-refractivity contribution >= 4 is 39.7 Å². The number of piperidine rings is 1. The molecule has 1 fully saturated rings. The Balaban J connectivity index is 1.63. The normalized spacial score (nSPS) is 15.0. The van der Waals surface area contributed by atoms with Gasteiger partial charge in [0.1, 0.15) is 16.4 Å². The first kappa shape index (κ1) is 22.3. The van der Waals surface area contributed by atoms with E-state index in [4.69, 9.17) is 9.97 Å². The predicted octanol–water partition coefficient (Wildman–Crippen LogP) is 3.75. The number of aromatic amines is 1.